The SMILES string of the molecule is COC(=O)c1cccnc1N1CCC(CO)C1. The Morgan fingerprint density at radius 1 is 1.71 bits per heavy atom. The summed E-state index contributed by atoms with van der Waals surface area (Å²) in [5.41, 5.74) is 0.480. The third kappa shape index (κ3) is 2.39. The topological polar surface area (TPSA) is 62.7 Å². The highest BCUT2D eigenvalue weighted by molar-refractivity contribution is 5.94. The molecule has 0 aliphatic carbocycles. The Morgan fingerprint density at radius 2 is 2.53 bits per heavy atom. The average molecular weight is 236 g/mol. The number of pyridine rings is 1. The van der Waals surface area contributed by atoms with Gasteiger partial charge in [-0.05, 0) is 18.6 Å². The maximum Gasteiger partial charge on any atom is 0.341 e. The number of nitrogens with zero attached hydrogens (tertiary/aromatic N) is 2. The van der Waals surface area contributed by atoms with Crippen molar-refractivity contribution in [2.75, 3.05) is 31.7 Å². The molecule has 2 heterocycles. The van der Waals surface area contributed by atoms with E-state index in [2.05, 4.69) is 4.98 Å². The van der Waals surface area contributed by atoms with E-state index < -0.39 is 0 Å². The quantitative estimate of drug-likeness (QED) is 0.782. The van der Waals surface area contributed by atoms with Crippen LogP contribution < -0.4 is 4.90 Å². The number of hydrogen-bond acceptors (Lipinski definition) is 5. The van der Waals surface area contributed by atoms with E-state index in [9.17, 15) is 4.79 Å². The van der Waals surface area contributed by atoms with Crippen molar-refractivity contribution in [2.24, 2.45) is 5.92 Å². The van der Waals surface area contributed by atoms with Gasteiger partial charge in [0.05, 0.1) is 7.11 Å². The lowest BCUT2D eigenvalue weighted by Crippen LogP contribution is -2.24. The monoisotopic (exact) mass is 236 g/mol. The number of aromatic nitrogens is 1. The Balaban J connectivity index is 2.23. The van der Waals surface area contributed by atoms with Crippen LogP contribution in [0.25, 0.3) is 0 Å². The van der Waals surface area contributed by atoms with E-state index in [0.717, 1.165) is 19.5 Å². The third-order valence-electron chi connectivity index (χ3n) is 3.04. The fourth-order valence-corrected chi connectivity index (χ4v) is 2.09. The van der Waals surface area contributed by atoms with E-state index in [0.29, 0.717) is 11.4 Å². The summed E-state index contributed by atoms with van der Waals surface area (Å²) in [6.45, 7) is 1.72. The molecule has 1 aromatic rings. The molecule has 1 aromatic heterocycles. The van der Waals surface area contributed by atoms with Crippen LogP contribution in [-0.2, 0) is 4.74 Å². The zero-order valence-corrected chi connectivity index (χ0v) is 9.80. The molecule has 0 saturated carbocycles. The number of ether oxygens (including phenoxy) is 1. The van der Waals surface area contributed by atoms with Gasteiger partial charge in [-0.25, -0.2) is 9.78 Å². The molecule has 1 unspecified atom stereocenters. The molecular weight excluding hydrogens is 220 g/mol. The number of anilines is 1. The van der Waals surface area contributed by atoms with E-state index in [1.54, 1.807) is 18.3 Å². The normalized spacial score (nSPS) is 19.4. The van der Waals surface area contributed by atoms with Crippen LogP contribution in [0, 0.1) is 5.92 Å². The van der Waals surface area contributed by atoms with Gasteiger partial charge < -0.3 is 14.7 Å². The number of carbonyl (C=O) groups is 1. The maximum atomic E-state index is 11.6. The van der Waals surface area contributed by atoms with Gasteiger partial charge in [-0.3, -0.25) is 0 Å². The molecule has 0 spiro atoms. The maximum absolute atomic E-state index is 11.6. The van der Waals surface area contributed by atoms with Crippen molar-refractivity contribution in [2.45, 2.75) is 6.42 Å². The minimum Gasteiger partial charge on any atom is -0.465 e. The Bertz CT molecular complexity index is 408. The van der Waals surface area contributed by atoms with Crippen molar-refractivity contribution in [1.82, 2.24) is 4.98 Å². The van der Waals surface area contributed by atoms with Gasteiger partial charge in [-0.15, -0.1) is 0 Å². The number of hydrogen-bond donors (Lipinski definition) is 1. The summed E-state index contributed by atoms with van der Waals surface area (Å²) in [4.78, 5) is 17.9. The summed E-state index contributed by atoms with van der Waals surface area (Å²) in [5, 5.41) is 9.12. The fraction of sp³-hybridized carbons (Fsp3) is 0.500. The van der Waals surface area contributed by atoms with E-state index >= 15 is 0 Å². The van der Waals surface area contributed by atoms with Crippen molar-refractivity contribution in [1.29, 1.82) is 0 Å². The number of rotatable bonds is 3. The minimum absolute atomic E-state index is 0.177. The molecule has 1 atom stereocenters. The molecule has 17 heavy (non-hydrogen) atoms. The molecule has 1 fully saturated rings. The average Bonchev–Trinajstić information content (AvgIpc) is 2.86. The largest absolute Gasteiger partial charge is 0.465 e. The number of esters is 1. The number of carbonyl (C=O) groups excluding carboxylic acids is 1. The zero-order chi connectivity index (χ0) is 12.3. The van der Waals surface area contributed by atoms with Crippen LogP contribution in [0.2, 0.25) is 0 Å². The van der Waals surface area contributed by atoms with Crippen LogP contribution in [-0.4, -0.2) is 42.9 Å². The Labute approximate surface area is 100 Å². The van der Waals surface area contributed by atoms with E-state index in [4.69, 9.17) is 9.84 Å². The van der Waals surface area contributed by atoms with Gasteiger partial charge in [0.25, 0.3) is 0 Å². The summed E-state index contributed by atoms with van der Waals surface area (Å²) < 4.78 is 4.73. The molecule has 2 rings (SSSR count). The molecule has 1 aliphatic heterocycles. The van der Waals surface area contributed by atoms with Gasteiger partial charge in [-0.1, -0.05) is 0 Å². The molecule has 0 amide bonds. The summed E-state index contributed by atoms with van der Waals surface area (Å²) in [6.07, 6.45) is 2.59. The van der Waals surface area contributed by atoms with Crippen LogP contribution >= 0.6 is 0 Å². The highest BCUT2D eigenvalue weighted by Gasteiger charge is 2.26. The molecule has 0 bridgehead atoms. The van der Waals surface area contributed by atoms with Gasteiger partial charge in [0.2, 0.25) is 0 Å². The van der Waals surface area contributed by atoms with E-state index in [-0.39, 0.29) is 18.5 Å². The zero-order valence-electron chi connectivity index (χ0n) is 9.80. The molecule has 1 aliphatic rings. The molecular formula is C12H16N2O3. The number of aliphatic hydroxyl groups excluding tert-OH is 1. The van der Waals surface area contributed by atoms with Gasteiger partial charge in [-0.2, -0.15) is 0 Å². The summed E-state index contributed by atoms with van der Waals surface area (Å²) in [5.74, 6) is 0.540. The van der Waals surface area contributed by atoms with Crippen LogP contribution in [0.15, 0.2) is 18.3 Å². The van der Waals surface area contributed by atoms with Crippen molar-refractivity contribution in [3.05, 3.63) is 23.9 Å². The molecule has 92 valence electrons. The second-order valence-electron chi connectivity index (χ2n) is 4.15. The first kappa shape index (κ1) is 11.9. The van der Waals surface area contributed by atoms with Crippen LogP contribution in [0.5, 0.6) is 0 Å². The first-order valence-electron chi connectivity index (χ1n) is 5.65. The van der Waals surface area contributed by atoms with Crippen molar-refractivity contribution >= 4 is 11.8 Å². The number of aliphatic hydroxyl groups is 1. The van der Waals surface area contributed by atoms with E-state index in [1.165, 1.54) is 7.11 Å². The van der Waals surface area contributed by atoms with Crippen molar-refractivity contribution in [3.63, 3.8) is 0 Å². The third-order valence-corrected chi connectivity index (χ3v) is 3.04. The molecule has 5 nitrogen and oxygen atoms in total. The second-order valence-corrected chi connectivity index (χ2v) is 4.15. The van der Waals surface area contributed by atoms with E-state index in [1.807, 2.05) is 4.90 Å². The smallest absolute Gasteiger partial charge is 0.341 e. The highest BCUT2D eigenvalue weighted by Crippen LogP contribution is 2.25. The van der Waals surface area contributed by atoms with Crippen LogP contribution in [0.4, 0.5) is 5.82 Å². The van der Waals surface area contributed by atoms with Crippen LogP contribution in [0.3, 0.4) is 0 Å². The second kappa shape index (κ2) is 5.14. The summed E-state index contributed by atoms with van der Waals surface area (Å²) in [6, 6.07) is 3.43. The van der Waals surface area contributed by atoms with Crippen LogP contribution in [0.1, 0.15) is 16.8 Å². The molecule has 0 aromatic carbocycles. The Morgan fingerprint density at radius 3 is 3.18 bits per heavy atom. The predicted molar refractivity (Wildman–Crippen MR) is 63.0 cm³/mol. The predicted octanol–water partition coefficient (Wildman–Crippen LogP) is 0.687. The lowest BCUT2D eigenvalue weighted by atomic mass is 10.1. The molecule has 5 heteroatoms. The van der Waals surface area contributed by atoms with Gasteiger partial charge in [0, 0.05) is 31.8 Å². The lowest BCUT2D eigenvalue weighted by molar-refractivity contribution is 0.0601. The lowest BCUT2D eigenvalue weighted by Gasteiger charge is -2.19. The molecule has 1 saturated heterocycles. The van der Waals surface area contributed by atoms with Crippen molar-refractivity contribution < 1.29 is 14.6 Å². The van der Waals surface area contributed by atoms with Crippen molar-refractivity contribution in [3.8, 4) is 0 Å². The Hall–Kier alpha value is -1.62. The first-order valence-corrected chi connectivity index (χ1v) is 5.65. The molecule has 0 radical (unpaired) electrons. The van der Waals surface area contributed by atoms with Gasteiger partial charge in [0.1, 0.15) is 11.4 Å². The first-order chi connectivity index (χ1) is 8.26. The summed E-state index contributed by atoms with van der Waals surface area (Å²) in [7, 11) is 1.36. The number of methoxy groups -OCH3 is 1. The fourth-order valence-electron chi connectivity index (χ4n) is 2.09. The standard InChI is InChI=1S/C12H16N2O3/c1-17-12(16)10-3-2-5-13-11(10)14-6-4-9(7-14)8-15/h2-3,5,9,15H,4,6-8H2,1H3. The molecule has 1 N–H and O–H groups in total. The minimum atomic E-state index is -0.374. The van der Waals surface area contributed by atoms with Gasteiger partial charge in [0.15, 0.2) is 0 Å². The highest BCUT2D eigenvalue weighted by atomic mass is 16.5. The Kier molecular flexibility index (Phi) is 3.58. The summed E-state index contributed by atoms with van der Waals surface area (Å²) >= 11 is 0. The van der Waals surface area contributed by atoms with Gasteiger partial charge >= 0.3 is 5.97 Å².